The van der Waals surface area contributed by atoms with E-state index >= 15 is 0 Å². The first kappa shape index (κ1) is 27.2. The van der Waals surface area contributed by atoms with Crippen molar-refractivity contribution in [2.45, 2.75) is 64.5 Å². The number of methoxy groups -OCH3 is 1. The zero-order valence-corrected chi connectivity index (χ0v) is 22.7. The summed E-state index contributed by atoms with van der Waals surface area (Å²) in [5, 5.41) is 9.36. The van der Waals surface area contributed by atoms with Gasteiger partial charge in [0.1, 0.15) is 23.6 Å². The van der Waals surface area contributed by atoms with Gasteiger partial charge in [-0.3, -0.25) is 9.59 Å². The largest absolute Gasteiger partial charge is 0.497 e. The Kier molecular flexibility index (Phi) is 8.40. The Labute approximate surface area is 225 Å². The Morgan fingerprint density at radius 1 is 1.03 bits per heavy atom. The first-order valence-corrected chi connectivity index (χ1v) is 13.2. The number of aryl methyl sites for hydroxylation is 1. The van der Waals surface area contributed by atoms with Crippen molar-refractivity contribution in [3.8, 4) is 11.5 Å². The fraction of sp³-hybridized carbons (Fsp3) is 0.375. The molecule has 1 aliphatic heterocycles. The van der Waals surface area contributed by atoms with Gasteiger partial charge in [-0.05, 0) is 65.3 Å². The lowest BCUT2D eigenvalue weighted by molar-refractivity contribution is -0.144. The molecule has 0 fully saturated rings. The predicted octanol–water partition coefficient (Wildman–Crippen LogP) is 5.80. The average Bonchev–Trinajstić information content (AvgIpc) is 3.21. The lowest BCUT2D eigenvalue weighted by atomic mass is 9.90. The van der Waals surface area contributed by atoms with Gasteiger partial charge >= 0.3 is 5.97 Å². The second-order valence-corrected chi connectivity index (χ2v) is 10.7. The highest BCUT2D eigenvalue weighted by molar-refractivity contribution is 5.81. The van der Waals surface area contributed by atoms with Gasteiger partial charge < -0.3 is 19.5 Å². The number of carboxylic acids is 1. The molecule has 4 rings (SSSR count). The van der Waals surface area contributed by atoms with Crippen molar-refractivity contribution < 1.29 is 24.2 Å². The molecule has 1 amide bonds. The molecule has 0 saturated carbocycles. The molecule has 3 aromatic rings. The number of benzene rings is 3. The Morgan fingerprint density at radius 2 is 1.76 bits per heavy atom. The van der Waals surface area contributed by atoms with Crippen LogP contribution in [0.25, 0.3) is 0 Å². The lowest BCUT2D eigenvalue weighted by Crippen LogP contribution is -2.35. The van der Waals surface area contributed by atoms with Gasteiger partial charge in [-0.2, -0.15) is 0 Å². The summed E-state index contributed by atoms with van der Waals surface area (Å²) in [6, 6.07) is 22.2. The molecule has 0 spiro atoms. The normalized spacial score (nSPS) is 16.1. The van der Waals surface area contributed by atoms with Gasteiger partial charge in [0.2, 0.25) is 5.91 Å². The molecule has 3 aromatic carbocycles. The molecular formula is C32H37NO5. The van der Waals surface area contributed by atoms with Crippen molar-refractivity contribution in [3.05, 3.63) is 94.5 Å². The minimum Gasteiger partial charge on any atom is -0.497 e. The van der Waals surface area contributed by atoms with Gasteiger partial charge in [-0.1, -0.05) is 62.4 Å². The SMILES string of the molecule is COc1cccc(CN(CC(=O)O)C(=O)CCc2ccc3c(c2)C[C@@](C)(Cc2ccc(C(C)C)cc2)O3)c1. The van der Waals surface area contributed by atoms with E-state index in [1.54, 1.807) is 7.11 Å². The zero-order chi connectivity index (χ0) is 27.3. The van der Waals surface area contributed by atoms with E-state index in [9.17, 15) is 14.7 Å². The summed E-state index contributed by atoms with van der Waals surface area (Å²) in [6.07, 6.45) is 2.39. The minimum atomic E-state index is -1.03. The van der Waals surface area contributed by atoms with E-state index in [-0.39, 0.29) is 31.0 Å². The quantitative estimate of drug-likeness (QED) is 0.349. The molecule has 200 valence electrons. The maximum atomic E-state index is 13.0. The number of carboxylic acid groups (broad SMARTS) is 1. The molecule has 1 heterocycles. The highest BCUT2D eigenvalue weighted by Gasteiger charge is 2.35. The van der Waals surface area contributed by atoms with Gasteiger partial charge in [0.15, 0.2) is 0 Å². The number of carbonyl (C=O) groups excluding carboxylic acids is 1. The van der Waals surface area contributed by atoms with Crippen LogP contribution in [-0.2, 0) is 35.4 Å². The molecular weight excluding hydrogens is 478 g/mol. The number of hydrogen-bond acceptors (Lipinski definition) is 4. The Hall–Kier alpha value is -3.80. The van der Waals surface area contributed by atoms with E-state index in [1.807, 2.05) is 36.4 Å². The fourth-order valence-corrected chi connectivity index (χ4v) is 5.08. The molecule has 0 aromatic heterocycles. The van der Waals surface area contributed by atoms with Gasteiger partial charge in [0.05, 0.1) is 7.11 Å². The van der Waals surface area contributed by atoms with E-state index in [0.717, 1.165) is 35.3 Å². The van der Waals surface area contributed by atoms with Crippen molar-refractivity contribution in [2.24, 2.45) is 0 Å². The van der Waals surface area contributed by atoms with Crippen molar-refractivity contribution in [3.63, 3.8) is 0 Å². The number of rotatable bonds is 11. The topological polar surface area (TPSA) is 76.1 Å². The molecule has 6 nitrogen and oxygen atoms in total. The van der Waals surface area contributed by atoms with Crippen LogP contribution in [0.2, 0.25) is 0 Å². The number of hydrogen-bond donors (Lipinski definition) is 1. The Balaban J connectivity index is 1.38. The first-order chi connectivity index (χ1) is 18.1. The van der Waals surface area contributed by atoms with E-state index < -0.39 is 5.97 Å². The van der Waals surface area contributed by atoms with Crippen LogP contribution < -0.4 is 9.47 Å². The smallest absolute Gasteiger partial charge is 0.323 e. The zero-order valence-electron chi connectivity index (χ0n) is 22.7. The first-order valence-electron chi connectivity index (χ1n) is 13.2. The monoisotopic (exact) mass is 515 g/mol. The molecule has 0 bridgehead atoms. The number of carbonyl (C=O) groups is 2. The molecule has 0 aliphatic carbocycles. The number of aliphatic carboxylic acids is 1. The van der Waals surface area contributed by atoms with Gasteiger partial charge in [0.25, 0.3) is 0 Å². The molecule has 1 N–H and O–H groups in total. The van der Waals surface area contributed by atoms with Crippen LogP contribution in [0.15, 0.2) is 66.7 Å². The molecule has 0 saturated heterocycles. The molecule has 0 unspecified atom stereocenters. The summed E-state index contributed by atoms with van der Waals surface area (Å²) in [4.78, 5) is 25.8. The summed E-state index contributed by atoms with van der Waals surface area (Å²) in [7, 11) is 1.58. The molecule has 38 heavy (non-hydrogen) atoms. The third-order valence-corrected chi connectivity index (χ3v) is 7.08. The van der Waals surface area contributed by atoms with E-state index in [0.29, 0.717) is 18.1 Å². The van der Waals surface area contributed by atoms with Crippen LogP contribution in [-0.4, -0.2) is 41.1 Å². The standard InChI is InChI=1S/C32H37NO5/c1-22(2)26-12-8-24(9-13-26)18-32(3)19-27-16-23(10-14-29(27)38-32)11-15-30(34)33(21-31(35)36)20-25-6-5-7-28(17-25)37-4/h5-10,12-14,16-17,22H,11,15,18-21H2,1-4H3,(H,35,36)/t32-/m1/s1. The second kappa shape index (κ2) is 11.7. The van der Waals surface area contributed by atoms with E-state index in [4.69, 9.17) is 9.47 Å². The van der Waals surface area contributed by atoms with Crippen molar-refractivity contribution in [2.75, 3.05) is 13.7 Å². The lowest BCUT2D eigenvalue weighted by Gasteiger charge is -2.24. The van der Waals surface area contributed by atoms with Crippen molar-refractivity contribution in [1.82, 2.24) is 4.90 Å². The Bertz CT molecular complexity index is 1280. The van der Waals surface area contributed by atoms with Gasteiger partial charge in [0, 0.05) is 25.8 Å². The summed E-state index contributed by atoms with van der Waals surface area (Å²) in [6.45, 7) is 6.42. The fourth-order valence-electron chi connectivity index (χ4n) is 5.08. The number of fused-ring (bicyclic) bond motifs is 1. The van der Waals surface area contributed by atoms with Crippen LogP contribution in [0.3, 0.4) is 0 Å². The van der Waals surface area contributed by atoms with Crippen LogP contribution in [0.1, 0.15) is 60.9 Å². The maximum absolute atomic E-state index is 13.0. The van der Waals surface area contributed by atoms with Crippen LogP contribution in [0.4, 0.5) is 0 Å². The highest BCUT2D eigenvalue weighted by atomic mass is 16.5. The predicted molar refractivity (Wildman–Crippen MR) is 148 cm³/mol. The molecule has 6 heteroatoms. The van der Waals surface area contributed by atoms with Gasteiger partial charge in [-0.25, -0.2) is 0 Å². The third-order valence-electron chi connectivity index (χ3n) is 7.08. The minimum absolute atomic E-state index is 0.193. The third kappa shape index (κ3) is 6.94. The maximum Gasteiger partial charge on any atom is 0.323 e. The van der Waals surface area contributed by atoms with E-state index in [1.165, 1.54) is 16.0 Å². The van der Waals surface area contributed by atoms with Crippen molar-refractivity contribution in [1.29, 1.82) is 0 Å². The van der Waals surface area contributed by atoms with E-state index in [2.05, 4.69) is 51.1 Å². The number of ether oxygens (including phenoxy) is 2. The summed E-state index contributed by atoms with van der Waals surface area (Å²) < 4.78 is 11.6. The van der Waals surface area contributed by atoms with Crippen LogP contribution in [0, 0.1) is 0 Å². The molecule has 0 radical (unpaired) electrons. The second-order valence-electron chi connectivity index (χ2n) is 10.7. The van der Waals surface area contributed by atoms with Gasteiger partial charge in [-0.15, -0.1) is 0 Å². The number of amides is 1. The summed E-state index contributed by atoms with van der Waals surface area (Å²) in [5.74, 6) is 0.850. The molecule has 1 aliphatic rings. The Morgan fingerprint density at radius 3 is 2.45 bits per heavy atom. The average molecular weight is 516 g/mol. The summed E-state index contributed by atoms with van der Waals surface area (Å²) >= 11 is 0. The van der Waals surface area contributed by atoms with Crippen LogP contribution in [0.5, 0.6) is 11.5 Å². The summed E-state index contributed by atoms with van der Waals surface area (Å²) in [5.41, 5.74) is 5.29. The number of nitrogens with zero attached hydrogens (tertiary/aromatic N) is 1. The van der Waals surface area contributed by atoms with Crippen LogP contribution >= 0.6 is 0 Å². The van der Waals surface area contributed by atoms with Crippen molar-refractivity contribution >= 4 is 11.9 Å². The highest BCUT2D eigenvalue weighted by Crippen LogP contribution is 2.38. The molecule has 1 atom stereocenters.